The number of hydrogen-bond acceptors (Lipinski definition) is 4. The number of aromatic amines is 1. The Morgan fingerprint density at radius 2 is 2.08 bits per heavy atom. The van der Waals surface area contributed by atoms with Crippen molar-refractivity contribution in [2.24, 2.45) is 0 Å². The Hall–Kier alpha value is -2.89. The Bertz CT molecular complexity index is 856. The number of carbonyl (C=O) groups is 1. The number of rotatable bonds is 2. The summed E-state index contributed by atoms with van der Waals surface area (Å²) in [7, 11) is 0. The summed E-state index contributed by atoms with van der Waals surface area (Å²) in [6.45, 7) is 0.635. The van der Waals surface area contributed by atoms with Crippen molar-refractivity contribution in [1.29, 1.82) is 0 Å². The lowest BCUT2D eigenvalue weighted by molar-refractivity contribution is 0.0592. The number of aromatic nitrogens is 3. The molecule has 2 aromatic heterocycles. The normalized spacial score (nSPS) is 18.0. The van der Waals surface area contributed by atoms with Crippen molar-refractivity contribution in [3.63, 3.8) is 0 Å². The lowest BCUT2D eigenvalue weighted by Gasteiger charge is -2.34. The molecule has 6 nitrogen and oxygen atoms in total. The molecule has 1 unspecified atom stereocenters. The minimum absolute atomic E-state index is 0.0866. The van der Waals surface area contributed by atoms with Crippen LogP contribution in [0.15, 0.2) is 42.6 Å². The molecule has 0 saturated carbocycles. The van der Waals surface area contributed by atoms with E-state index < -0.39 is 0 Å². The highest BCUT2D eigenvalue weighted by Gasteiger charge is 2.32. The van der Waals surface area contributed by atoms with Gasteiger partial charge in [0.05, 0.1) is 17.1 Å². The van der Waals surface area contributed by atoms with Gasteiger partial charge >= 0.3 is 0 Å². The van der Waals surface area contributed by atoms with Crippen LogP contribution in [0.2, 0.25) is 0 Å². The van der Waals surface area contributed by atoms with Gasteiger partial charge in [-0.05, 0) is 43.5 Å². The number of nitrogens with one attached hydrogen (secondary N) is 1. The molecular weight excluding hydrogens is 304 g/mol. The molecule has 1 aromatic carbocycles. The molecule has 3 aromatic rings. The monoisotopic (exact) mass is 322 g/mol. The molecule has 122 valence electrons. The molecule has 1 aliphatic rings. The minimum atomic E-state index is -0.252. The van der Waals surface area contributed by atoms with Crippen LogP contribution in [0.4, 0.5) is 0 Å². The van der Waals surface area contributed by atoms with Crippen molar-refractivity contribution >= 4 is 16.9 Å². The lowest BCUT2D eigenvalue weighted by Crippen LogP contribution is -2.39. The van der Waals surface area contributed by atoms with E-state index in [4.69, 9.17) is 0 Å². The van der Waals surface area contributed by atoms with Gasteiger partial charge in [-0.15, -0.1) is 0 Å². The molecule has 1 fully saturated rings. The summed E-state index contributed by atoms with van der Waals surface area (Å²) in [6.07, 6.45) is 4.35. The van der Waals surface area contributed by atoms with Crippen LogP contribution in [0.1, 0.15) is 41.6 Å². The van der Waals surface area contributed by atoms with Gasteiger partial charge in [-0.25, -0.2) is 9.97 Å². The maximum absolute atomic E-state index is 12.9. The van der Waals surface area contributed by atoms with Crippen molar-refractivity contribution in [2.75, 3.05) is 6.54 Å². The summed E-state index contributed by atoms with van der Waals surface area (Å²) < 4.78 is 0. The molecule has 1 aliphatic heterocycles. The minimum Gasteiger partial charge on any atom is -0.505 e. The van der Waals surface area contributed by atoms with E-state index in [1.54, 1.807) is 11.0 Å². The van der Waals surface area contributed by atoms with Crippen molar-refractivity contribution < 1.29 is 9.90 Å². The molecule has 0 spiro atoms. The third-order valence-electron chi connectivity index (χ3n) is 4.48. The first-order valence-electron chi connectivity index (χ1n) is 8.13. The number of carbonyl (C=O) groups excluding carboxylic acids is 1. The average molecular weight is 322 g/mol. The van der Waals surface area contributed by atoms with E-state index in [2.05, 4.69) is 15.0 Å². The van der Waals surface area contributed by atoms with Crippen LogP contribution in [-0.2, 0) is 0 Å². The molecule has 0 aliphatic carbocycles. The van der Waals surface area contributed by atoms with Gasteiger partial charge in [0.2, 0.25) is 0 Å². The fraction of sp³-hybridized carbons (Fsp3) is 0.278. The quantitative estimate of drug-likeness (QED) is 0.760. The largest absolute Gasteiger partial charge is 0.505 e. The van der Waals surface area contributed by atoms with Gasteiger partial charge < -0.3 is 15.0 Å². The van der Waals surface area contributed by atoms with Crippen molar-refractivity contribution in [3.8, 4) is 5.75 Å². The summed E-state index contributed by atoms with van der Waals surface area (Å²) in [5, 5.41) is 9.95. The van der Waals surface area contributed by atoms with Gasteiger partial charge in [0.15, 0.2) is 5.69 Å². The van der Waals surface area contributed by atoms with E-state index in [1.807, 2.05) is 24.3 Å². The van der Waals surface area contributed by atoms with Crippen LogP contribution in [0.5, 0.6) is 5.75 Å². The SMILES string of the molecule is O=C(c1ncccc1O)N1CCCCC1c1nc2ccccc2[nH]1. The molecule has 1 saturated heterocycles. The second-order valence-electron chi connectivity index (χ2n) is 6.02. The lowest BCUT2D eigenvalue weighted by atomic mass is 10.0. The van der Waals surface area contributed by atoms with Crippen LogP contribution in [0, 0.1) is 0 Å². The number of likely N-dealkylation sites (tertiary alicyclic amines) is 1. The van der Waals surface area contributed by atoms with Crippen molar-refractivity contribution in [2.45, 2.75) is 25.3 Å². The third kappa shape index (κ3) is 2.50. The molecule has 2 N–H and O–H groups in total. The number of para-hydroxylation sites is 2. The predicted molar refractivity (Wildman–Crippen MR) is 89.6 cm³/mol. The Kier molecular flexibility index (Phi) is 3.65. The number of imidazole rings is 1. The van der Waals surface area contributed by atoms with Gasteiger partial charge in [-0.2, -0.15) is 0 Å². The predicted octanol–water partition coefficient (Wildman–Crippen LogP) is 3.03. The molecule has 3 heterocycles. The first-order valence-corrected chi connectivity index (χ1v) is 8.13. The topological polar surface area (TPSA) is 82.1 Å². The fourth-order valence-corrected chi connectivity index (χ4v) is 3.29. The molecule has 1 amide bonds. The first-order chi connectivity index (χ1) is 11.7. The Morgan fingerprint density at radius 3 is 2.92 bits per heavy atom. The zero-order chi connectivity index (χ0) is 16.5. The summed E-state index contributed by atoms with van der Waals surface area (Å²) in [5.41, 5.74) is 1.96. The molecule has 24 heavy (non-hydrogen) atoms. The molecule has 6 heteroatoms. The number of benzene rings is 1. The van der Waals surface area contributed by atoms with Gasteiger partial charge in [0, 0.05) is 12.7 Å². The van der Waals surface area contributed by atoms with E-state index in [9.17, 15) is 9.90 Å². The number of amides is 1. The van der Waals surface area contributed by atoms with E-state index in [-0.39, 0.29) is 23.4 Å². The van der Waals surface area contributed by atoms with Crippen molar-refractivity contribution in [3.05, 3.63) is 54.1 Å². The maximum atomic E-state index is 12.9. The number of hydrogen-bond donors (Lipinski definition) is 2. The van der Waals surface area contributed by atoms with Crippen molar-refractivity contribution in [1.82, 2.24) is 19.9 Å². The van der Waals surface area contributed by atoms with E-state index in [0.29, 0.717) is 6.54 Å². The van der Waals surface area contributed by atoms with Crippen LogP contribution >= 0.6 is 0 Å². The third-order valence-corrected chi connectivity index (χ3v) is 4.48. The number of fused-ring (bicyclic) bond motifs is 1. The van der Waals surface area contributed by atoms with Crippen LogP contribution in [-0.4, -0.2) is 37.4 Å². The molecule has 0 bridgehead atoms. The van der Waals surface area contributed by atoms with E-state index in [0.717, 1.165) is 36.1 Å². The molecular formula is C18H18N4O2. The maximum Gasteiger partial charge on any atom is 0.276 e. The summed E-state index contributed by atoms with van der Waals surface area (Å²) in [6, 6.07) is 10.8. The van der Waals surface area contributed by atoms with Gasteiger partial charge in [0.25, 0.3) is 5.91 Å². The number of H-pyrrole nitrogens is 1. The Balaban J connectivity index is 1.70. The number of pyridine rings is 1. The Labute approximate surface area is 139 Å². The van der Waals surface area contributed by atoms with E-state index in [1.165, 1.54) is 12.3 Å². The highest BCUT2D eigenvalue weighted by atomic mass is 16.3. The number of nitrogens with zero attached hydrogens (tertiary/aromatic N) is 3. The highest BCUT2D eigenvalue weighted by molar-refractivity contribution is 5.95. The summed E-state index contributed by atoms with van der Waals surface area (Å²) in [4.78, 5) is 26.7. The molecule has 0 radical (unpaired) electrons. The highest BCUT2D eigenvalue weighted by Crippen LogP contribution is 2.32. The fourth-order valence-electron chi connectivity index (χ4n) is 3.29. The average Bonchev–Trinajstić information content (AvgIpc) is 3.05. The molecule has 1 atom stereocenters. The number of piperidine rings is 1. The second kappa shape index (κ2) is 5.96. The standard InChI is InChI=1S/C18H18N4O2/c23-15-9-5-10-19-16(15)18(24)22-11-4-3-8-14(22)17-20-12-6-1-2-7-13(12)21-17/h1-2,5-7,9-10,14,23H,3-4,8,11H2,(H,20,21). The summed E-state index contributed by atoms with van der Waals surface area (Å²) in [5.74, 6) is 0.453. The zero-order valence-electron chi connectivity index (χ0n) is 13.1. The Morgan fingerprint density at radius 1 is 1.21 bits per heavy atom. The zero-order valence-corrected chi connectivity index (χ0v) is 13.1. The molecule has 4 rings (SSSR count). The van der Waals surface area contributed by atoms with Crippen LogP contribution in [0.3, 0.4) is 0 Å². The van der Waals surface area contributed by atoms with Crippen LogP contribution in [0.25, 0.3) is 11.0 Å². The van der Waals surface area contributed by atoms with Gasteiger partial charge in [-0.3, -0.25) is 4.79 Å². The first kappa shape index (κ1) is 14.7. The second-order valence-corrected chi connectivity index (χ2v) is 6.02. The number of aromatic hydroxyl groups is 1. The smallest absolute Gasteiger partial charge is 0.276 e. The van der Waals surface area contributed by atoms with Gasteiger partial charge in [0.1, 0.15) is 11.6 Å². The van der Waals surface area contributed by atoms with E-state index >= 15 is 0 Å². The van der Waals surface area contributed by atoms with Gasteiger partial charge in [-0.1, -0.05) is 12.1 Å². The van der Waals surface area contributed by atoms with Crippen LogP contribution < -0.4 is 0 Å². The summed E-state index contributed by atoms with van der Waals surface area (Å²) >= 11 is 0.